The normalized spacial score (nSPS) is 13.9. The predicted molar refractivity (Wildman–Crippen MR) is 129 cm³/mol. The van der Waals surface area contributed by atoms with E-state index in [-0.39, 0.29) is 6.03 Å². The Morgan fingerprint density at radius 1 is 0.906 bits per heavy atom. The Kier molecular flexibility index (Phi) is 6.40. The summed E-state index contributed by atoms with van der Waals surface area (Å²) < 4.78 is 0. The van der Waals surface area contributed by atoms with Crippen molar-refractivity contribution in [1.82, 2.24) is 19.8 Å². The number of hydrogen-bond donors (Lipinski definition) is 0. The molecule has 2 amide bonds. The molecule has 1 aromatic heterocycles. The van der Waals surface area contributed by atoms with Crippen LogP contribution in [-0.2, 0) is 6.42 Å². The highest BCUT2D eigenvalue weighted by Crippen LogP contribution is 2.28. The first-order chi connectivity index (χ1) is 15.4. The molecule has 6 heteroatoms. The third-order valence-corrected chi connectivity index (χ3v) is 5.96. The van der Waals surface area contributed by atoms with E-state index in [1.165, 1.54) is 11.1 Å². The van der Waals surface area contributed by atoms with Crippen LogP contribution in [-0.4, -0.2) is 66.1 Å². The van der Waals surface area contributed by atoms with Crippen molar-refractivity contribution in [2.45, 2.75) is 20.3 Å². The van der Waals surface area contributed by atoms with Gasteiger partial charge >= 0.3 is 6.03 Å². The van der Waals surface area contributed by atoms with E-state index in [9.17, 15) is 4.79 Å². The molecular formula is C26H31N5O. The Balaban J connectivity index is 1.68. The minimum absolute atomic E-state index is 0.0633. The average Bonchev–Trinajstić information content (AvgIpc) is 2.81. The molecule has 1 aliphatic rings. The molecule has 0 N–H and O–H groups in total. The van der Waals surface area contributed by atoms with Gasteiger partial charge in [0.25, 0.3) is 0 Å². The summed E-state index contributed by atoms with van der Waals surface area (Å²) in [5.41, 5.74) is 5.67. The number of hydrogen-bond acceptors (Lipinski definition) is 4. The number of benzene rings is 2. The number of piperazine rings is 1. The number of amides is 2. The highest BCUT2D eigenvalue weighted by Gasteiger charge is 2.26. The standard InChI is InChI=1S/C26H31N5O/c1-19-10-12-21(13-11-19)18-23-20(2)27-24(22-8-6-5-7-9-22)28-25(23)30-14-16-31(17-15-30)26(32)29(3)4/h5-13H,14-18H2,1-4H3. The van der Waals surface area contributed by atoms with Crippen LogP contribution in [0, 0.1) is 13.8 Å². The lowest BCUT2D eigenvalue weighted by atomic mass is 10.0. The molecule has 2 heterocycles. The van der Waals surface area contributed by atoms with Gasteiger partial charge in [0.05, 0.1) is 0 Å². The lowest BCUT2D eigenvalue weighted by Gasteiger charge is -2.37. The first-order valence-corrected chi connectivity index (χ1v) is 11.1. The Bertz CT molecular complexity index is 1070. The molecule has 0 aliphatic carbocycles. The fourth-order valence-corrected chi connectivity index (χ4v) is 4.07. The average molecular weight is 430 g/mol. The summed E-state index contributed by atoms with van der Waals surface area (Å²) in [6.07, 6.45) is 0.785. The number of carbonyl (C=O) groups is 1. The van der Waals surface area contributed by atoms with Gasteiger partial charge in [-0.1, -0.05) is 60.2 Å². The van der Waals surface area contributed by atoms with Gasteiger partial charge in [-0.15, -0.1) is 0 Å². The molecule has 166 valence electrons. The first kappa shape index (κ1) is 21.8. The summed E-state index contributed by atoms with van der Waals surface area (Å²) in [6, 6.07) is 18.8. The monoisotopic (exact) mass is 429 g/mol. The zero-order chi connectivity index (χ0) is 22.7. The van der Waals surface area contributed by atoms with E-state index < -0.39 is 0 Å². The largest absolute Gasteiger partial charge is 0.353 e. The predicted octanol–water partition coefficient (Wildman–Crippen LogP) is 4.15. The molecule has 6 nitrogen and oxygen atoms in total. The van der Waals surface area contributed by atoms with Crippen molar-refractivity contribution < 1.29 is 4.79 Å². The lowest BCUT2D eigenvalue weighted by Crippen LogP contribution is -2.52. The van der Waals surface area contributed by atoms with Gasteiger partial charge in [-0.2, -0.15) is 0 Å². The quantitative estimate of drug-likeness (QED) is 0.625. The third-order valence-electron chi connectivity index (χ3n) is 5.96. The summed E-state index contributed by atoms with van der Waals surface area (Å²) in [7, 11) is 3.60. The van der Waals surface area contributed by atoms with Crippen molar-refractivity contribution in [2.75, 3.05) is 45.2 Å². The molecule has 32 heavy (non-hydrogen) atoms. The summed E-state index contributed by atoms with van der Waals surface area (Å²) >= 11 is 0. The van der Waals surface area contributed by atoms with Crippen molar-refractivity contribution in [3.05, 3.63) is 77.0 Å². The van der Waals surface area contributed by atoms with Crippen molar-refractivity contribution >= 4 is 11.8 Å². The zero-order valence-electron chi connectivity index (χ0n) is 19.4. The summed E-state index contributed by atoms with van der Waals surface area (Å²) in [5, 5.41) is 0. The van der Waals surface area contributed by atoms with E-state index in [0.29, 0.717) is 13.1 Å². The fourth-order valence-electron chi connectivity index (χ4n) is 4.07. The zero-order valence-corrected chi connectivity index (χ0v) is 19.4. The van der Waals surface area contributed by atoms with Crippen molar-refractivity contribution in [2.24, 2.45) is 0 Å². The van der Waals surface area contributed by atoms with Crippen LogP contribution in [0.2, 0.25) is 0 Å². The number of urea groups is 1. The number of rotatable bonds is 4. The number of nitrogens with zero attached hydrogens (tertiary/aromatic N) is 5. The molecule has 0 saturated carbocycles. The minimum Gasteiger partial charge on any atom is -0.353 e. The van der Waals surface area contributed by atoms with E-state index >= 15 is 0 Å². The Morgan fingerprint density at radius 3 is 2.19 bits per heavy atom. The number of aryl methyl sites for hydroxylation is 2. The maximum absolute atomic E-state index is 12.4. The molecule has 1 fully saturated rings. The molecule has 0 unspecified atom stereocenters. The highest BCUT2D eigenvalue weighted by molar-refractivity contribution is 5.74. The molecule has 0 atom stereocenters. The first-order valence-electron chi connectivity index (χ1n) is 11.1. The summed E-state index contributed by atoms with van der Waals surface area (Å²) in [5.74, 6) is 1.73. The Labute approximate surface area is 190 Å². The lowest BCUT2D eigenvalue weighted by molar-refractivity contribution is 0.168. The Hall–Kier alpha value is -3.41. The topological polar surface area (TPSA) is 52.6 Å². The molecule has 4 rings (SSSR count). The van der Waals surface area contributed by atoms with Gasteiger partial charge < -0.3 is 14.7 Å². The van der Waals surface area contributed by atoms with Gasteiger partial charge in [-0.3, -0.25) is 0 Å². The SMILES string of the molecule is Cc1ccc(Cc2c(C)nc(-c3ccccc3)nc2N2CCN(C(=O)N(C)C)CC2)cc1. The van der Waals surface area contributed by atoms with E-state index in [4.69, 9.17) is 9.97 Å². The van der Waals surface area contributed by atoms with Crippen LogP contribution < -0.4 is 4.90 Å². The van der Waals surface area contributed by atoms with E-state index in [1.54, 1.807) is 19.0 Å². The molecule has 2 aromatic carbocycles. The van der Waals surface area contributed by atoms with Crippen LogP contribution in [0.25, 0.3) is 11.4 Å². The van der Waals surface area contributed by atoms with E-state index in [2.05, 4.69) is 43.0 Å². The molecule has 1 aliphatic heterocycles. The summed E-state index contributed by atoms with van der Waals surface area (Å²) in [6.45, 7) is 7.06. The summed E-state index contributed by atoms with van der Waals surface area (Å²) in [4.78, 5) is 28.1. The van der Waals surface area contributed by atoms with Crippen LogP contribution in [0.15, 0.2) is 54.6 Å². The fraction of sp³-hybridized carbons (Fsp3) is 0.346. The molecular weight excluding hydrogens is 398 g/mol. The van der Waals surface area contributed by atoms with Crippen LogP contribution in [0.5, 0.6) is 0 Å². The van der Waals surface area contributed by atoms with Crippen molar-refractivity contribution in [1.29, 1.82) is 0 Å². The molecule has 0 bridgehead atoms. The molecule has 3 aromatic rings. The number of anilines is 1. The number of carbonyl (C=O) groups excluding carboxylic acids is 1. The smallest absolute Gasteiger partial charge is 0.319 e. The second-order valence-corrected chi connectivity index (χ2v) is 8.61. The van der Waals surface area contributed by atoms with E-state index in [1.807, 2.05) is 35.2 Å². The maximum atomic E-state index is 12.4. The number of aromatic nitrogens is 2. The molecule has 0 spiro atoms. The van der Waals surface area contributed by atoms with E-state index in [0.717, 1.165) is 48.0 Å². The van der Waals surface area contributed by atoms with Crippen molar-refractivity contribution in [3.8, 4) is 11.4 Å². The molecule has 1 saturated heterocycles. The van der Waals surface area contributed by atoms with Gasteiger partial charge in [0.1, 0.15) is 5.82 Å². The van der Waals surface area contributed by atoms with Gasteiger partial charge in [-0.25, -0.2) is 14.8 Å². The van der Waals surface area contributed by atoms with Crippen LogP contribution in [0.3, 0.4) is 0 Å². The van der Waals surface area contributed by atoms with Gasteiger partial charge in [-0.05, 0) is 19.4 Å². The van der Waals surface area contributed by atoms with Crippen LogP contribution in [0.4, 0.5) is 10.6 Å². The Morgan fingerprint density at radius 2 is 1.56 bits per heavy atom. The van der Waals surface area contributed by atoms with Gasteiger partial charge in [0, 0.05) is 63.5 Å². The third kappa shape index (κ3) is 4.74. The highest BCUT2D eigenvalue weighted by atomic mass is 16.2. The van der Waals surface area contributed by atoms with Crippen LogP contribution >= 0.6 is 0 Å². The van der Waals surface area contributed by atoms with Gasteiger partial charge in [0.15, 0.2) is 5.82 Å². The van der Waals surface area contributed by atoms with Gasteiger partial charge in [0.2, 0.25) is 0 Å². The molecule has 0 radical (unpaired) electrons. The second kappa shape index (κ2) is 9.39. The maximum Gasteiger partial charge on any atom is 0.319 e. The van der Waals surface area contributed by atoms with Crippen LogP contribution in [0.1, 0.15) is 22.4 Å². The van der Waals surface area contributed by atoms with Crippen molar-refractivity contribution in [3.63, 3.8) is 0 Å². The second-order valence-electron chi connectivity index (χ2n) is 8.61. The minimum atomic E-state index is 0.0633.